The summed E-state index contributed by atoms with van der Waals surface area (Å²) in [5, 5.41) is 11.6. The molecule has 0 saturated carbocycles. The molecule has 0 atom stereocenters. The Morgan fingerprint density at radius 1 is 0.857 bits per heavy atom. The molecule has 2 aromatic heterocycles. The summed E-state index contributed by atoms with van der Waals surface area (Å²) in [6.07, 6.45) is 5.65. The topological polar surface area (TPSA) is 70.1 Å². The van der Waals surface area contributed by atoms with Gasteiger partial charge in [0, 0.05) is 38.9 Å². The van der Waals surface area contributed by atoms with Crippen LogP contribution >= 0.6 is 0 Å². The molecule has 7 nitrogen and oxygen atoms in total. The SMILES string of the molecule is c1ccc(CCCNc2nncc(N3CCN(c4ccccn4)CC3)n2)cc1. The van der Waals surface area contributed by atoms with Crippen LogP contribution in [-0.2, 0) is 6.42 Å². The van der Waals surface area contributed by atoms with Crippen LogP contribution in [0.25, 0.3) is 0 Å². The predicted molar refractivity (Wildman–Crippen MR) is 112 cm³/mol. The minimum Gasteiger partial charge on any atom is -0.353 e. The first-order chi connectivity index (χ1) is 13.9. The average Bonchev–Trinajstić information content (AvgIpc) is 2.78. The summed E-state index contributed by atoms with van der Waals surface area (Å²) in [6, 6.07) is 16.5. The number of hydrogen-bond acceptors (Lipinski definition) is 7. The predicted octanol–water partition coefficient (Wildman–Crippen LogP) is 2.64. The number of rotatable bonds is 7. The summed E-state index contributed by atoms with van der Waals surface area (Å²) in [5.74, 6) is 2.50. The lowest BCUT2D eigenvalue weighted by molar-refractivity contribution is 0.639. The van der Waals surface area contributed by atoms with E-state index >= 15 is 0 Å². The van der Waals surface area contributed by atoms with Crippen molar-refractivity contribution in [2.24, 2.45) is 0 Å². The highest BCUT2D eigenvalue weighted by atomic mass is 15.3. The maximum absolute atomic E-state index is 4.65. The van der Waals surface area contributed by atoms with E-state index < -0.39 is 0 Å². The number of pyridine rings is 1. The maximum atomic E-state index is 4.65. The van der Waals surface area contributed by atoms with E-state index in [1.165, 1.54) is 5.56 Å². The molecule has 7 heteroatoms. The molecule has 0 amide bonds. The van der Waals surface area contributed by atoms with Gasteiger partial charge < -0.3 is 15.1 Å². The Morgan fingerprint density at radius 2 is 1.61 bits per heavy atom. The standard InChI is InChI=1S/C21H25N7/c1-2-7-18(8-3-1)9-6-12-23-21-25-20(17-24-26-21)28-15-13-27(14-16-28)19-10-4-5-11-22-19/h1-5,7-8,10-11,17H,6,9,12-16H2,(H,23,25,26). The number of piperazine rings is 1. The molecule has 0 spiro atoms. The third kappa shape index (κ3) is 4.73. The largest absolute Gasteiger partial charge is 0.353 e. The van der Waals surface area contributed by atoms with Gasteiger partial charge in [-0.2, -0.15) is 10.1 Å². The number of benzene rings is 1. The van der Waals surface area contributed by atoms with Gasteiger partial charge in [-0.15, -0.1) is 5.10 Å². The molecular weight excluding hydrogens is 350 g/mol. The summed E-state index contributed by atoms with van der Waals surface area (Å²) in [4.78, 5) is 13.6. The summed E-state index contributed by atoms with van der Waals surface area (Å²) in [6.45, 7) is 4.45. The lowest BCUT2D eigenvalue weighted by Crippen LogP contribution is -2.47. The normalized spacial score (nSPS) is 14.1. The second-order valence-electron chi connectivity index (χ2n) is 6.82. The molecule has 28 heavy (non-hydrogen) atoms. The highest BCUT2D eigenvalue weighted by Crippen LogP contribution is 2.17. The van der Waals surface area contributed by atoms with Crippen LogP contribution in [0.3, 0.4) is 0 Å². The fourth-order valence-corrected chi connectivity index (χ4v) is 3.37. The summed E-state index contributed by atoms with van der Waals surface area (Å²) >= 11 is 0. The van der Waals surface area contributed by atoms with Gasteiger partial charge in [-0.25, -0.2) is 4.98 Å². The summed E-state index contributed by atoms with van der Waals surface area (Å²) in [5.41, 5.74) is 1.35. The van der Waals surface area contributed by atoms with Crippen LogP contribution in [-0.4, -0.2) is 52.9 Å². The molecule has 3 heterocycles. The second kappa shape index (κ2) is 9.12. The Labute approximate surface area is 165 Å². The lowest BCUT2D eigenvalue weighted by Gasteiger charge is -2.35. The minimum atomic E-state index is 0.595. The first kappa shape index (κ1) is 18.2. The molecule has 1 aliphatic heterocycles. The van der Waals surface area contributed by atoms with Crippen LogP contribution in [0.2, 0.25) is 0 Å². The average molecular weight is 375 g/mol. The van der Waals surface area contributed by atoms with Crippen LogP contribution < -0.4 is 15.1 Å². The zero-order chi connectivity index (χ0) is 19.0. The minimum absolute atomic E-state index is 0.595. The van der Waals surface area contributed by atoms with Gasteiger partial charge in [-0.1, -0.05) is 36.4 Å². The first-order valence-corrected chi connectivity index (χ1v) is 9.77. The molecule has 1 saturated heterocycles. The molecule has 3 aromatic rings. The Bertz CT molecular complexity index is 849. The third-order valence-electron chi connectivity index (χ3n) is 4.89. The monoisotopic (exact) mass is 375 g/mol. The molecule has 4 rings (SSSR count). The number of hydrogen-bond donors (Lipinski definition) is 1. The number of aryl methyl sites for hydroxylation is 1. The van der Waals surface area contributed by atoms with Gasteiger partial charge >= 0.3 is 0 Å². The maximum Gasteiger partial charge on any atom is 0.244 e. The number of nitrogens with zero attached hydrogens (tertiary/aromatic N) is 6. The molecule has 0 bridgehead atoms. The zero-order valence-corrected chi connectivity index (χ0v) is 15.9. The molecule has 144 valence electrons. The van der Waals surface area contributed by atoms with Crippen molar-refractivity contribution in [3.05, 3.63) is 66.5 Å². The van der Waals surface area contributed by atoms with Crippen molar-refractivity contribution >= 4 is 17.6 Å². The van der Waals surface area contributed by atoms with Crippen LogP contribution in [0.1, 0.15) is 12.0 Å². The van der Waals surface area contributed by atoms with Crippen molar-refractivity contribution in [2.75, 3.05) is 47.8 Å². The fourth-order valence-electron chi connectivity index (χ4n) is 3.37. The molecule has 0 aliphatic carbocycles. The third-order valence-corrected chi connectivity index (χ3v) is 4.89. The molecule has 1 aromatic carbocycles. The van der Waals surface area contributed by atoms with Crippen molar-refractivity contribution in [3.63, 3.8) is 0 Å². The highest BCUT2D eigenvalue weighted by Gasteiger charge is 2.19. The van der Waals surface area contributed by atoms with Crippen molar-refractivity contribution in [1.82, 2.24) is 20.2 Å². The van der Waals surface area contributed by atoms with Crippen molar-refractivity contribution < 1.29 is 0 Å². The quantitative estimate of drug-likeness (QED) is 0.637. The van der Waals surface area contributed by atoms with Crippen molar-refractivity contribution in [3.8, 4) is 0 Å². The highest BCUT2D eigenvalue weighted by molar-refractivity contribution is 5.45. The number of anilines is 3. The van der Waals surface area contributed by atoms with E-state index in [1.54, 1.807) is 6.20 Å². The van der Waals surface area contributed by atoms with E-state index in [4.69, 9.17) is 0 Å². The van der Waals surface area contributed by atoms with Gasteiger partial charge in [0.15, 0.2) is 5.82 Å². The van der Waals surface area contributed by atoms with E-state index in [-0.39, 0.29) is 0 Å². The van der Waals surface area contributed by atoms with Crippen LogP contribution in [0.4, 0.5) is 17.6 Å². The van der Waals surface area contributed by atoms with E-state index in [9.17, 15) is 0 Å². The number of nitrogens with one attached hydrogen (secondary N) is 1. The van der Waals surface area contributed by atoms with Gasteiger partial charge in [-0.05, 0) is 30.5 Å². The Hall–Kier alpha value is -3.22. The Kier molecular flexibility index (Phi) is 5.92. The molecular formula is C21H25N7. The van der Waals surface area contributed by atoms with E-state index in [0.717, 1.165) is 57.2 Å². The van der Waals surface area contributed by atoms with E-state index in [1.807, 2.05) is 24.4 Å². The van der Waals surface area contributed by atoms with Gasteiger partial charge in [-0.3, -0.25) is 0 Å². The fraction of sp³-hybridized carbons (Fsp3) is 0.333. The van der Waals surface area contributed by atoms with Crippen LogP contribution in [0.15, 0.2) is 60.9 Å². The molecule has 0 radical (unpaired) electrons. The first-order valence-electron chi connectivity index (χ1n) is 9.77. The molecule has 0 unspecified atom stereocenters. The molecule has 1 fully saturated rings. The van der Waals surface area contributed by atoms with Gasteiger partial charge in [0.25, 0.3) is 0 Å². The second-order valence-corrected chi connectivity index (χ2v) is 6.82. The van der Waals surface area contributed by atoms with Gasteiger partial charge in [0.05, 0.1) is 6.20 Å². The molecule has 1 aliphatic rings. The molecule has 1 N–H and O–H groups in total. The smallest absolute Gasteiger partial charge is 0.244 e. The van der Waals surface area contributed by atoms with Crippen molar-refractivity contribution in [1.29, 1.82) is 0 Å². The van der Waals surface area contributed by atoms with E-state index in [0.29, 0.717) is 5.95 Å². The zero-order valence-electron chi connectivity index (χ0n) is 15.9. The number of aromatic nitrogens is 4. The lowest BCUT2D eigenvalue weighted by atomic mass is 10.1. The van der Waals surface area contributed by atoms with Gasteiger partial charge in [0.2, 0.25) is 5.95 Å². The van der Waals surface area contributed by atoms with Crippen LogP contribution in [0.5, 0.6) is 0 Å². The van der Waals surface area contributed by atoms with Crippen LogP contribution in [0, 0.1) is 0 Å². The van der Waals surface area contributed by atoms with E-state index in [2.05, 4.69) is 65.6 Å². The Balaban J connectivity index is 1.27. The Morgan fingerprint density at radius 3 is 2.36 bits per heavy atom. The van der Waals surface area contributed by atoms with Gasteiger partial charge in [0.1, 0.15) is 5.82 Å². The summed E-state index contributed by atoms with van der Waals surface area (Å²) < 4.78 is 0. The van der Waals surface area contributed by atoms with Crippen molar-refractivity contribution in [2.45, 2.75) is 12.8 Å². The summed E-state index contributed by atoms with van der Waals surface area (Å²) in [7, 11) is 0.